The molecule has 1 spiro atoms. The van der Waals surface area contributed by atoms with E-state index < -0.39 is 12.0 Å². The summed E-state index contributed by atoms with van der Waals surface area (Å²) in [6.07, 6.45) is 0.723. The van der Waals surface area contributed by atoms with Crippen molar-refractivity contribution in [2.45, 2.75) is 23.4 Å². The molecule has 0 aromatic carbocycles. The van der Waals surface area contributed by atoms with Gasteiger partial charge < -0.3 is 14.6 Å². The van der Waals surface area contributed by atoms with Crippen LogP contribution >= 0.6 is 11.8 Å². The van der Waals surface area contributed by atoms with Crippen molar-refractivity contribution in [1.29, 1.82) is 0 Å². The number of carboxylic acid groups (broad SMARTS) is 1. The van der Waals surface area contributed by atoms with Crippen LogP contribution in [0.4, 0.5) is 0 Å². The lowest BCUT2D eigenvalue weighted by Crippen LogP contribution is -2.57. The number of rotatable bonds is 2. The van der Waals surface area contributed by atoms with E-state index in [2.05, 4.69) is 5.32 Å². The molecule has 5 nitrogen and oxygen atoms in total. The number of aliphatic carboxylic acids is 1. The van der Waals surface area contributed by atoms with Crippen molar-refractivity contribution < 1.29 is 19.4 Å². The molecule has 0 aliphatic carbocycles. The normalized spacial score (nSPS) is 40.9. The Balaban J connectivity index is 2.09. The molecular weight excluding hydrogens is 218 g/mol. The number of carboxylic acids is 1. The van der Waals surface area contributed by atoms with Gasteiger partial charge in [-0.05, 0) is 0 Å². The van der Waals surface area contributed by atoms with Gasteiger partial charge in [-0.15, -0.1) is 11.8 Å². The van der Waals surface area contributed by atoms with Crippen molar-refractivity contribution in [3.8, 4) is 0 Å². The van der Waals surface area contributed by atoms with E-state index in [-0.39, 0.29) is 11.0 Å². The largest absolute Gasteiger partial charge is 0.480 e. The highest BCUT2D eigenvalue weighted by Crippen LogP contribution is 2.39. The third kappa shape index (κ3) is 1.99. The predicted octanol–water partition coefficient (Wildman–Crippen LogP) is -0.0924. The van der Waals surface area contributed by atoms with Crippen molar-refractivity contribution in [1.82, 2.24) is 5.32 Å². The van der Waals surface area contributed by atoms with Gasteiger partial charge in [0.25, 0.3) is 0 Å². The zero-order valence-corrected chi connectivity index (χ0v) is 9.38. The Hall–Kier alpha value is -0.300. The van der Waals surface area contributed by atoms with Crippen molar-refractivity contribution in [3.05, 3.63) is 0 Å². The number of thioether (sulfide) groups is 1. The van der Waals surface area contributed by atoms with E-state index in [4.69, 9.17) is 14.6 Å². The average molecular weight is 233 g/mol. The smallest absolute Gasteiger partial charge is 0.321 e. The van der Waals surface area contributed by atoms with E-state index in [0.717, 1.165) is 6.42 Å². The quantitative estimate of drug-likeness (QED) is 0.694. The van der Waals surface area contributed by atoms with Crippen LogP contribution in [-0.4, -0.2) is 54.2 Å². The van der Waals surface area contributed by atoms with Crippen LogP contribution < -0.4 is 5.32 Å². The van der Waals surface area contributed by atoms with Gasteiger partial charge in [0.2, 0.25) is 0 Å². The lowest BCUT2D eigenvalue weighted by Gasteiger charge is -2.39. The molecule has 2 fully saturated rings. The lowest BCUT2D eigenvalue weighted by molar-refractivity contribution is -0.139. The Labute approximate surface area is 92.5 Å². The molecule has 2 aliphatic rings. The molecule has 0 aromatic rings. The summed E-state index contributed by atoms with van der Waals surface area (Å²) in [6, 6.07) is -0.467. The zero-order chi connectivity index (χ0) is 10.9. The summed E-state index contributed by atoms with van der Waals surface area (Å²) in [4.78, 5) is 10.6. The number of hydrogen-bond donors (Lipinski definition) is 2. The summed E-state index contributed by atoms with van der Waals surface area (Å²) >= 11 is 1.64. The zero-order valence-electron chi connectivity index (χ0n) is 8.56. The second kappa shape index (κ2) is 4.29. The van der Waals surface area contributed by atoms with Crippen LogP contribution in [0.1, 0.15) is 6.42 Å². The first-order chi connectivity index (χ1) is 7.18. The molecule has 0 bridgehead atoms. The topological polar surface area (TPSA) is 67.8 Å². The van der Waals surface area contributed by atoms with E-state index >= 15 is 0 Å². The van der Waals surface area contributed by atoms with Crippen LogP contribution in [-0.2, 0) is 14.3 Å². The molecule has 0 amide bonds. The molecule has 2 heterocycles. The molecule has 3 atom stereocenters. The Morgan fingerprint density at radius 2 is 2.53 bits per heavy atom. The number of hydrogen-bond acceptors (Lipinski definition) is 5. The molecule has 86 valence electrons. The van der Waals surface area contributed by atoms with Crippen molar-refractivity contribution >= 4 is 17.7 Å². The Morgan fingerprint density at radius 3 is 3.13 bits per heavy atom. The van der Waals surface area contributed by atoms with Gasteiger partial charge >= 0.3 is 5.97 Å². The second-order valence-electron chi connectivity index (χ2n) is 3.78. The monoisotopic (exact) mass is 233 g/mol. The molecule has 2 rings (SSSR count). The van der Waals surface area contributed by atoms with E-state index in [0.29, 0.717) is 19.0 Å². The Bertz CT molecular complexity index is 262. The first kappa shape index (κ1) is 11.2. The van der Waals surface area contributed by atoms with Gasteiger partial charge in [0.15, 0.2) is 0 Å². The number of methoxy groups -OCH3 is 1. The Kier molecular flexibility index (Phi) is 3.20. The third-order valence-electron chi connectivity index (χ3n) is 2.92. The van der Waals surface area contributed by atoms with Crippen LogP contribution in [0, 0.1) is 0 Å². The first-order valence-corrected chi connectivity index (χ1v) is 5.91. The van der Waals surface area contributed by atoms with Crippen molar-refractivity contribution in [2.75, 3.05) is 26.1 Å². The second-order valence-corrected chi connectivity index (χ2v) is 5.14. The molecule has 0 aromatic heterocycles. The van der Waals surface area contributed by atoms with Crippen LogP contribution in [0.5, 0.6) is 0 Å². The minimum absolute atomic E-state index is 0.0689. The van der Waals surface area contributed by atoms with Crippen LogP contribution in [0.2, 0.25) is 0 Å². The number of carbonyl (C=O) groups is 1. The summed E-state index contributed by atoms with van der Waals surface area (Å²) in [6.45, 7) is 1.19. The van der Waals surface area contributed by atoms with Gasteiger partial charge in [-0.25, -0.2) is 0 Å². The fourth-order valence-electron chi connectivity index (χ4n) is 2.04. The van der Waals surface area contributed by atoms with Crippen LogP contribution in [0.3, 0.4) is 0 Å². The molecule has 3 unspecified atom stereocenters. The standard InChI is InChI=1S/C9H15NO4S/c1-13-7-4-14-3-2-9(7)10-6(5-15-9)8(11)12/h6-7,10H,2-5H2,1H3,(H,11,12). The average Bonchev–Trinajstić information content (AvgIpc) is 2.64. The number of nitrogens with one attached hydrogen (secondary N) is 1. The van der Waals surface area contributed by atoms with E-state index in [1.165, 1.54) is 0 Å². The molecule has 15 heavy (non-hydrogen) atoms. The SMILES string of the molecule is COC1COCCC12NC(C(=O)O)CS2. The highest BCUT2D eigenvalue weighted by Gasteiger charge is 2.49. The van der Waals surface area contributed by atoms with E-state index in [9.17, 15) is 4.79 Å². The summed E-state index contributed by atoms with van der Waals surface area (Å²) in [5.74, 6) is -0.199. The minimum Gasteiger partial charge on any atom is -0.480 e. The van der Waals surface area contributed by atoms with Gasteiger partial charge in [-0.1, -0.05) is 0 Å². The van der Waals surface area contributed by atoms with Gasteiger partial charge in [0.05, 0.1) is 11.5 Å². The highest BCUT2D eigenvalue weighted by atomic mass is 32.2. The summed E-state index contributed by atoms with van der Waals surface area (Å²) < 4.78 is 10.7. The fraction of sp³-hybridized carbons (Fsp3) is 0.889. The predicted molar refractivity (Wildman–Crippen MR) is 56.0 cm³/mol. The van der Waals surface area contributed by atoms with E-state index in [1.54, 1.807) is 18.9 Å². The maximum atomic E-state index is 10.9. The summed E-state index contributed by atoms with van der Waals surface area (Å²) in [7, 11) is 1.64. The maximum absolute atomic E-state index is 10.9. The lowest BCUT2D eigenvalue weighted by atomic mass is 10.0. The minimum atomic E-state index is -0.791. The van der Waals surface area contributed by atoms with Crippen LogP contribution in [0.15, 0.2) is 0 Å². The molecule has 2 aliphatic heterocycles. The molecule has 0 radical (unpaired) electrons. The molecule has 0 saturated carbocycles. The van der Waals surface area contributed by atoms with Gasteiger partial charge in [0, 0.05) is 25.9 Å². The van der Waals surface area contributed by atoms with E-state index in [1.807, 2.05) is 0 Å². The fourth-order valence-corrected chi connectivity index (χ4v) is 3.54. The summed E-state index contributed by atoms with van der Waals surface area (Å²) in [5, 5.41) is 12.1. The maximum Gasteiger partial charge on any atom is 0.321 e. The third-order valence-corrected chi connectivity index (χ3v) is 4.52. The molecular formula is C9H15NO4S. The Morgan fingerprint density at radius 1 is 1.73 bits per heavy atom. The van der Waals surface area contributed by atoms with Crippen LogP contribution in [0.25, 0.3) is 0 Å². The highest BCUT2D eigenvalue weighted by molar-refractivity contribution is 8.01. The molecule has 2 saturated heterocycles. The number of ether oxygens (including phenoxy) is 2. The molecule has 6 heteroatoms. The van der Waals surface area contributed by atoms with Crippen molar-refractivity contribution in [2.24, 2.45) is 0 Å². The van der Waals surface area contributed by atoms with Gasteiger partial charge in [-0.3, -0.25) is 10.1 Å². The van der Waals surface area contributed by atoms with Gasteiger partial charge in [-0.2, -0.15) is 0 Å². The van der Waals surface area contributed by atoms with Crippen molar-refractivity contribution in [3.63, 3.8) is 0 Å². The van der Waals surface area contributed by atoms with Gasteiger partial charge in [0.1, 0.15) is 12.1 Å². The first-order valence-electron chi connectivity index (χ1n) is 4.93. The summed E-state index contributed by atoms with van der Waals surface area (Å²) in [5.41, 5.74) is 0. The molecule has 2 N–H and O–H groups in total.